The molecule has 2 aliphatic heterocycles. The molecule has 3 aromatic rings. The first-order chi connectivity index (χ1) is 15.1. The summed E-state index contributed by atoms with van der Waals surface area (Å²) in [6.45, 7) is 3.12. The summed E-state index contributed by atoms with van der Waals surface area (Å²) in [6.07, 6.45) is 7.11. The Labute approximate surface area is 181 Å². The van der Waals surface area contributed by atoms with Gasteiger partial charge in [-0.25, -0.2) is 9.98 Å². The Morgan fingerprint density at radius 2 is 1.90 bits per heavy atom. The van der Waals surface area contributed by atoms with Crippen LogP contribution in [0.1, 0.15) is 37.2 Å². The molecule has 0 bridgehead atoms. The molecule has 1 radical (unpaired) electrons. The van der Waals surface area contributed by atoms with Crippen LogP contribution in [0.4, 0.5) is 0 Å². The summed E-state index contributed by atoms with van der Waals surface area (Å²) < 4.78 is 10.9. The molecule has 31 heavy (non-hydrogen) atoms. The lowest BCUT2D eigenvalue weighted by Crippen LogP contribution is -2.50. The molecule has 1 saturated heterocycles. The van der Waals surface area contributed by atoms with Gasteiger partial charge in [0, 0.05) is 31.0 Å². The van der Waals surface area contributed by atoms with Gasteiger partial charge in [-0.1, -0.05) is 30.3 Å². The van der Waals surface area contributed by atoms with Gasteiger partial charge in [0.25, 0.3) is 0 Å². The third-order valence-electron chi connectivity index (χ3n) is 6.23. The number of H-pyrrole nitrogens is 1. The molecule has 2 aromatic carbocycles. The van der Waals surface area contributed by atoms with Gasteiger partial charge in [-0.3, -0.25) is 0 Å². The average molecular weight is 417 g/mol. The van der Waals surface area contributed by atoms with Crippen LogP contribution in [0.5, 0.6) is 11.5 Å². The highest BCUT2D eigenvalue weighted by Crippen LogP contribution is 2.40. The lowest BCUT2D eigenvalue weighted by molar-refractivity contribution is 0.236. The Kier molecular flexibility index (Phi) is 4.81. The fraction of sp³-hybridized carbons (Fsp3) is 0.333. The topological polar surface area (TPSA) is 74.8 Å². The number of nitrogens with one attached hydrogen (secondary N) is 2. The first-order valence-electron chi connectivity index (χ1n) is 10.5. The van der Waals surface area contributed by atoms with Crippen LogP contribution in [-0.4, -0.2) is 41.6 Å². The van der Waals surface area contributed by atoms with Gasteiger partial charge in [0.05, 0.1) is 36.8 Å². The van der Waals surface area contributed by atoms with Crippen molar-refractivity contribution in [1.29, 1.82) is 0 Å². The van der Waals surface area contributed by atoms with Crippen LogP contribution < -0.4 is 14.8 Å². The summed E-state index contributed by atoms with van der Waals surface area (Å²) in [5.74, 6) is 3.12. The highest BCUT2D eigenvalue weighted by Gasteiger charge is 2.43. The van der Waals surface area contributed by atoms with Crippen LogP contribution >= 0.6 is 0 Å². The second kappa shape index (κ2) is 7.65. The summed E-state index contributed by atoms with van der Waals surface area (Å²) in [5, 5.41) is 3.56. The van der Waals surface area contributed by atoms with Crippen molar-refractivity contribution in [3.8, 4) is 11.5 Å². The maximum Gasteiger partial charge on any atom is 0.200 e. The van der Waals surface area contributed by atoms with E-state index in [-0.39, 0.29) is 11.6 Å². The van der Waals surface area contributed by atoms with Crippen LogP contribution in [0.3, 0.4) is 0 Å². The molecular weight excluding hydrogens is 390 g/mol. The van der Waals surface area contributed by atoms with Crippen LogP contribution in [-0.2, 0) is 5.54 Å². The molecule has 1 aromatic heterocycles. The molecule has 5 rings (SSSR count). The molecule has 0 amide bonds. The smallest absolute Gasteiger partial charge is 0.200 e. The van der Waals surface area contributed by atoms with Crippen molar-refractivity contribution in [2.24, 2.45) is 4.99 Å². The van der Waals surface area contributed by atoms with E-state index < -0.39 is 0 Å². The van der Waals surface area contributed by atoms with Crippen LogP contribution in [0.25, 0.3) is 11.0 Å². The fourth-order valence-corrected chi connectivity index (χ4v) is 4.49. The second-order valence-electron chi connectivity index (χ2n) is 8.08. The number of imidazole rings is 1. The predicted molar refractivity (Wildman–Crippen MR) is 120 cm³/mol. The number of aromatic amines is 1. The summed E-state index contributed by atoms with van der Waals surface area (Å²) >= 11 is 0. The molecule has 3 heterocycles. The van der Waals surface area contributed by atoms with E-state index in [1.165, 1.54) is 0 Å². The van der Waals surface area contributed by atoms with E-state index >= 15 is 0 Å². The molecule has 7 heteroatoms. The van der Waals surface area contributed by atoms with E-state index in [1.54, 1.807) is 20.4 Å². The van der Waals surface area contributed by atoms with Gasteiger partial charge in [-0.15, -0.1) is 0 Å². The molecule has 0 spiro atoms. The molecular formula is C24H26N5O2. The third-order valence-corrected chi connectivity index (χ3v) is 6.23. The lowest BCUT2D eigenvalue weighted by atomic mass is 9.98. The normalized spacial score (nSPS) is 23.0. The quantitative estimate of drug-likeness (QED) is 0.675. The molecule has 7 nitrogen and oxygen atoms in total. The Morgan fingerprint density at radius 3 is 2.68 bits per heavy atom. The third kappa shape index (κ3) is 3.30. The highest BCUT2D eigenvalue weighted by molar-refractivity contribution is 5.84. The molecule has 1 fully saturated rings. The number of ether oxygens (including phenoxy) is 2. The maximum absolute atomic E-state index is 5.45. The summed E-state index contributed by atoms with van der Waals surface area (Å²) in [7, 11) is 3.28. The first kappa shape index (κ1) is 19.5. The van der Waals surface area contributed by atoms with Gasteiger partial charge in [-0.05, 0) is 25.3 Å². The number of benzene rings is 2. The van der Waals surface area contributed by atoms with E-state index in [2.05, 4.69) is 45.3 Å². The molecule has 2 aliphatic rings. The molecule has 159 valence electrons. The Morgan fingerprint density at radius 1 is 1.13 bits per heavy atom. The highest BCUT2D eigenvalue weighted by atomic mass is 16.5. The largest absolute Gasteiger partial charge is 0.493 e. The SMILES string of the molecule is COc1cc2nc([C@]3(C)CCCN3C3=NC=[C]C(c4ccccc4)N3)[nH]c2cc1OC. The van der Waals surface area contributed by atoms with Gasteiger partial charge in [0.1, 0.15) is 5.82 Å². The minimum Gasteiger partial charge on any atom is -0.493 e. The van der Waals surface area contributed by atoms with Crippen LogP contribution in [0.2, 0.25) is 0 Å². The number of rotatable bonds is 4. The van der Waals surface area contributed by atoms with Gasteiger partial charge in [-0.2, -0.15) is 0 Å². The standard InChI is InChI=1S/C24H26N5O2/c1-24(22-26-18-14-20(30-2)21(31-3)15-19(18)27-22)11-7-13-29(24)23-25-12-10-17(28-23)16-8-5-4-6-9-16/h4-6,8-9,12,14-15,17H,7,11,13H2,1-3H3,(H,25,28)(H,26,27)/t17?,24-/m0/s1. The zero-order chi connectivity index (χ0) is 21.4. The van der Waals surface area contributed by atoms with E-state index in [0.717, 1.165) is 47.8 Å². The summed E-state index contributed by atoms with van der Waals surface area (Å²) in [5.41, 5.74) is 2.64. The van der Waals surface area contributed by atoms with Crippen LogP contribution in [0, 0.1) is 6.08 Å². The van der Waals surface area contributed by atoms with Crippen molar-refractivity contribution in [2.45, 2.75) is 31.3 Å². The number of likely N-dealkylation sites (tertiary alicyclic amines) is 1. The number of aromatic nitrogens is 2. The van der Waals surface area contributed by atoms with Gasteiger partial charge in [0.15, 0.2) is 17.5 Å². The fourth-order valence-electron chi connectivity index (χ4n) is 4.49. The number of fused-ring (bicyclic) bond motifs is 1. The number of methoxy groups -OCH3 is 2. The number of aliphatic imine (C=N–C) groups is 1. The number of hydrogen-bond acceptors (Lipinski definition) is 6. The van der Waals surface area contributed by atoms with Crippen LogP contribution in [0.15, 0.2) is 53.7 Å². The van der Waals surface area contributed by atoms with Crippen molar-refractivity contribution in [3.05, 3.63) is 66.1 Å². The molecule has 0 aliphatic carbocycles. The minimum absolute atomic E-state index is 0.0252. The van der Waals surface area contributed by atoms with Crippen molar-refractivity contribution in [3.63, 3.8) is 0 Å². The molecule has 2 atom stereocenters. The van der Waals surface area contributed by atoms with E-state index in [4.69, 9.17) is 14.5 Å². The second-order valence-corrected chi connectivity index (χ2v) is 8.08. The lowest BCUT2D eigenvalue weighted by Gasteiger charge is -2.37. The summed E-state index contributed by atoms with van der Waals surface area (Å²) in [6, 6.07) is 14.1. The maximum atomic E-state index is 5.45. The zero-order valence-corrected chi connectivity index (χ0v) is 18.0. The number of guanidine groups is 1. The van der Waals surface area contributed by atoms with Gasteiger partial charge >= 0.3 is 0 Å². The Balaban J connectivity index is 1.48. The Bertz CT molecular complexity index is 1110. The van der Waals surface area contributed by atoms with E-state index in [1.807, 2.05) is 30.3 Å². The molecule has 0 saturated carbocycles. The van der Waals surface area contributed by atoms with Crippen molar-refractivity contribution in [1.82, 2.24) is 20.2 Å². The van der Waals surface area contributed by atoms with E-state index in [9.17, 15) is 0 Å². The van der Waals surface area contributed by atoms with Crippen molar-refractivity contribution in [2.75, 3.05) is 20.8 Å². The van der Waals surface area contributed by atoms with Gasteiger partial charge in [0.2, 0.25) is 0 Å². The zero-order valence-electron chi connectivity index (χ0n) is 18.0. The van der Waals surface area contributed by atoms with Gasteiger partial charge < -0.3 is 24.7 Å². The summed E-state index contributed by atoms with van der Waals surface area (Å²) in [4.78, 5) is 15.4. The van der Waals surface area contributed by atoms with Crippen molar-refractivity contribution < 1.29 is 9.47 Å². The number of hydrogen-bond donors (Lipinski definition) is 2. The van der Waals surface area contributed by atoms with Crippen molar-refractivity contribution >= 4 is 17.0 Å². The van der Waals surface area contributed by atoms with E-state index in [0.29, 0.717) is 11.5 Å². The monoisotopic (exact) mass is 416 g/mol. The first-order valence-corrected chi connectivity index (χ1v) is 10.5. The predicted octanol–water partition coefficient (Wildman–Crippen LogP) is 3.91. The average Bonchev–Trinajstić information content (AvgIpc) is 3.42. The number of nitrogens with zero attached hydrogens (tertiary/aromatic N) is 3. The molecule has 2 N–H and O–H groups in total. The Hall–Kier alpha value is -3.48. The minimum atomic E-state index is -0.308. The molecule has 1 unspecified atom stereocenters.